The normalized spacial score (nSPS) is 21.1. The Morgan fingerprint density at radius 3 is 2.61 bits per heavy atom. The molecule has 7 heteroatoms. The van der Waals surface area contributed by atoms with Gasteiger partial charge in [-0.05, 0) is 24.1 Å². The highest BCUT2D eigenvalue weighted by Crippen LogP contribution is 2.46. The second kappa shape index (κ2) is 6.49. The van der Waals surface area contributed by atoms with Crippen LogP contribution in [0.3, 0.4) is 0 Å². The number of halogens is 1. The highest BCUT2D eigenvalue weighted by molar-refractivity contribution is 6.31. The van der Waals surface area contributed by atoms with E-state index in [0.717, 1.165) is 16.8 Å². The summed E-state index contributed by atoms with van der Waals surface area (Å²) >= 11 is 6.47. The van der Waals surface area contributed by atoms with Crippen LogP contribution in [0.25, 0.3) is 0 Å². The fourth-order valence-corrected chi connectivity index (χ4v) is 4.43. The number of hydrogen-bond donors (Lipinski definition) is 2. The molecule has 0 spiro atoms. The standard InChI is InChI=1S/C21H17ClN4O2/c22-15-7-3-1-6-14(15)20-19-16(25-21-23-11-24-26(20)21)9-12(10-18(19)28)13-5-2-4-8-17(13)27/h1-8,11-12,20,27H,9-10H2,(H,23,24,25)/t12-,20-/m1/s1. The van der Waals surface area contributed by atoms with Gasteiger partial charge in [-0.3, -0.25) is 4.79 Å². The maximum Gasteiger partial charge on any atom is 0.226 e. The number of rotatable bonds is 2. The number of hydrogen-bond acceptors (Lipinski definition) is 5. The molecule has 0 fully saturated rings. The number of nitrogens with one attached hydrogen (secondary N) is 1. The van der Waals surface area contributed by atoms with Crippen molar-refractivity contribution in [3.63, 3.8) is 0 Å². The number of allylic oxidation sites excluding steroid dienone is 2. The molecule has 0 unspecified atom stereocenters. The van der Waals surface area contributed by atoms with Crippen molar-refractivity contribution in [2.45, 2.75) is 24.8 Å². The van der Waals surface area contributed by atoms with Gasteiger partial charge in [-0.2, -0.15) is 10.1 Å². The van der Waals surface area contributed by atoms with E-state index in [-0.39, 0.29) is 17.5 Å². The fraction of sp³-hybridized carbons (Fsp3) is 0.190. The Morgan fingerprint density at radius 1 is 1.07 bits per heavy atom. The first-order valence-electron chi connectivity index (χ1n) is 9.08. The first-order valence-corrected chi connectivity index (χ1v) is 9.46. The number of aromatic hydroxyl groups is 1. The number of anilines is 1. The van der Waals surface area contributed by atoms with Crippen molar-refractivity contribution in [1.82, 2.24) is 14.8 Å². The van der Waals surface area contributed by atoms with Gasteiger partial charge in [0.15, 0.2) is 5.78 Å². The van der Waals surface area contributed by atoms with Gasteiger partial charge in [0.1, 0.15) is 18.1 Å². The molecule has 140 valence electrons. The molecule has 0 saturated heterocycles. The number of para-hydroxylation sites is 1. The summed E-state index contributed by atoms with van der Waals surface area (Å²) in [4.78, 5) is 17.6. The van der Waals surface area contributed by atoms with Gasteiger partial charge in [-0.15, -0.1) is 0 Å². The number of benzene rings is 2. The number of fused-ring (bicyclic) bond motifs is 1. The van der Waals surface area contributed by atoms with Crippen LogP contribution in [0, 0.1) is 0 Å². The van der Waals surface area contributed by atoms with Crippen LogP contribution in [0.4, 0.5) is 5.95 Å². The minimum absolute atomic E-state index is 0.0214. The van der Waals surface area contributed by atoms with E-state index in [4.69, 9.17) is 11.6 Å². The number of Topliss-reactive ketones (excluding diaryl/α,β-unsaturated/α-hetero) is 1. The summed E-state index contributed by atoms with van der Waals surface area (Å²) in [5.41, 5.74) is 3.08. The number of nitrogens with zero attached hydrogens (tertiary/aromatic N) is 3. The zero-order chi connectivity index (χ0) is 19.3. The molecule has 0 bridgehead atoms. The topological polar surface area (TPSA) is 80.0 Å². The van der Waals surface area contributed by atoms with Gasteiger partial charge >= 0.3 is 0 Å². The number of carbonyl (C=O) groups is 1. The molecule has 5 rings (SSSR count). The summed E-state index contributed by atoms with van der Waals surface area (Å²) in [5, 5.41) is 18.4. The number of aromatic nitrogens is 3. The molecule has 3 aromatic rings. The summed E-state index contributed by atoms with van der Waals surface area (Å²) in [6.07, 6.45) is 2.39. The number of phenolic OH excluding ortho intramolecular Hbond substituents is 1. The van der Waals surface area contributed by atoms with Crippen molar-refractivity contribution < 1.29 is 9.90 Å². The molecule has 2 atom stereocenters. The molecule has 0 saturated carbocycles. The Bertz CT molecular complexity index is 1120. The zero-order valence-corrected chi connectivity index (χ0v) is 15.6. The first kappa shape index (κ1) is 17.0. The van der Waals surface area contributed by atoms with E-state index in [1.807, 2.05) is 36.4 Å². The molecule has 2 aliphatic rings. The average Bonchev–Trinajstić information content (AvgIpc) is 3.15. The molecule has 28 heavy (non-hydrogen) atoms. The van der Waals surface area contributed by atoms with Crippen molar-refractivity contribution >= 4 is 23.3 Å². The quantitative estimate of drug-likeness (QED) is 0.687. The Hall–Kier alpha value is -3.12. The van der Waals surface area contributed by atoms with Crippen LogP contribution in [-0.4, -0.2) is 25.7 Å². The summed E-state index contributed by atoms with van der Waals surface area (Å²) in [7, 11) is 0. The van der Waals surface area contributed by atoms with Gasteiger partial charge in [-0.25, -0.2) is 4.68 Å². The van der Waals surface area contributed by atoms with Crippen molar-refractivity contribution in [3.8, 4) is 5.75 Å². The summed E-state index contributed by atoms with van der Waals surface area (Å²) in [5.74, 6) is 0.717. The molecule has 2 aromatic carbocycles. The third-order valence-corrected chi connectivity index (χ3v) is 5.78. The van der Waals surface area contributed by atoms with E-state index < -0.39 is 6.04 Å². The molecule has 2 heterocycles. The van der Waals surface area contributed by atoms with Gasteiger partial charge in [0.05, 0.1) is 0 Å². The van der Waals surface area contributed by atoms with E-state index in [2.05, 4.69) is 15.4 Å². The first-order chi connectivity index (χ1) is 13.6. The lowest BCUT2D eigenvalue weighted by Crippen LogP contribution is -2.33. The van der Waals surface area contributed by atoms with Crippen molar-refractivity contribution in [2.24, 2.45) is 0 Å². The van der Waals surface area contributed by atoms with E-state index in [1.165, 1.54) is 6.33 Å². The van der Waals surface area contributed by atoms with Gasteiger partial charge in [-0.1, -0.05) is 48.0 Å². The van der Waals surface area contributed by atoms with Crippen molar-refractivity contribution in [1.29, 1.82) is 0 Å². The van der Waals surface area contributed by atoms with E-state index in [1.54, 1.807) is 16.8 Å². The van der Waals surface area contributed by atoms with Gasteiger partial charge in [0.2, 0.25) is 5.95 Å². The predicted molar refractivity (Wildman–Crippen MR) is 105 cm³/mol. The van der Waals surface area contributed by atoms with Gasteiger partial charge in [0.25, 0.3) is 0 Å². The molecule has 0 radical (unpaired) electrons. The van der Waals surface area contributed by atoms with Gasteiger partial charge < -0.3 is 10.4 Å². The highest BCUT2D eigenvalue weighted by Gasteiger charge is 2.40. The maximum absolute atomic E-state index is 13.3. The minimum atomic E-state index is -0.416. The van der Waals surface area contributed by atoms with Gasteiger partial charge in [0, 0.05) is 34.2 Å². The number of carbonyl (C=O) groups excluding carboxylic acids is 1. The monoisotopic (exact) mass is 392 g/mol. The second-order valence-electron chi connectivity index (χ2n) is 7.06. The SMILES string of the molecule is O=C1C[C@H](c2ccccc2O)CC2=C1[C@@H](c1ccccc1Cl)n1ncnc1N2. The van der Waals surface area contributed by atoms with Crippen LogP contribution in [0.15, 0.2) is 66.1 Å². The largest absolute Gasteiger partial charge is 0.508 e. The fourth-order valence-electron chi connectivity index (χ4n) is 4.19. The summed E-state index contributed by atoms with van der Waals surface area (Å²) in [6, 6.07) is 14.3. The molecular formula is C21H17ClN4O2. The third-order valence-electron chi connectivity index (χ3n) is 5.44. The molecule has 2 N–H and O–H groups in total. The Morgan fingerprint density at radius 2 is 1.82 bits per heavy atom. The molecule has 6 nitrogen and oxygen atoms in total. The number of ketones is 1. The minimum Gasteiger partial charge on any atom is -0.508 e. The van der Waals surface area contributed by atoms with Crippen LogP contribution >= 0.6 is 11.6 Å². The Balaban J connectivity index is 1.63. The highest BCUT2D eigenvalue weighted by atomic mass is 35.5. The average molecular weight is 393 g/mol. The zero-order valence-electron chi connectivity index (χ0n) is 14.8. The molecule has 1 aliphatic heterocycles. The van der Waals surface area contributed by atoms with Crippen LogP contribution in [-0.2, 0) is 4.79 Å². The van der Waals surface area contributed by atoms with Crippen molar-refractivity contribution in [3.05, 3.63) is 82.3 Å². The summed E-state index contributed by atoms with van der Waals surface area (Å²) < 4.78 is 1.71. The summed E-state index contributed by atoms with van der Waals surface area (Å²) in [6.45, 7) is 0. The molecule has 0 amide bonds. The second-order valence-corrected chi connectivity index (χ2v) is 7.46. The van der Waals surface area contributed by atoms with Crippen LogP contribution in [0.5, 0.6) is 5.75 Å². The van der Waals surface area contributed by atoms with Crippen LogP contribution < -0.4 is 5.32 Å². The van der Waals surface area contributed by atoms with E-state index in [0.29, 0.717) is 29.4 Å². The maximum atomic E-state index is 13.3. The molecule has 1 aromatic heterocycles. The smallest absolute Gasteiger partial charge is 0.226 e. The van der Waals surface area contributed by atoms with E-state index in [9.17, 15) is 9.90 Å². The Labute approximate surface area is 166 Å². The van der Waals surface area contributed by atoms with Crippen LogP contribution in [0.2, 0.25) is 5.02 Å². The van der Waals surface area contributed by atoms with Crippen molar-refractivity contribution in [2.75, 3.05) is 5.32 Å². The van der Waals surface area contributed by atoms with Crippen LogP contribution in [0.1, 0.15) is 35.9 Å². The molecule has 1 aliphatic carbocycles. The lowest BCUT2D eigenvalue weighted by molar-refractivity contribution is -0.116. The lowest BCUT2D eigenvalue weighted by Gasteiger charge is -2.35. The third kappa shape index (κ3) is 2.60. The Kier molecular flexibility index (Phi) is 3.94. The van der Waals surface area contributed by atoms with E-state index >= 15 is 0 Å². The molecular weight excluding hydrogens is 376 g/mol. The predicted octanol–water partition coefficient (Wildman–Crippen LogP) is 4.05. The number of phenols is 1. The lowest BCUT2D eigenvalue weighted by atomic mass is 9.77.